The summed E-state index contributed by atoms with van der Waals surface area (Å²) in [4.78, 5) is 37.2. The Labute approximate surface area is 395 Å². The van der Waals surface area contributed by atoms with Crippen molar-refractivity contribution in [3.8, 4) is 0 Å². The minimum atomic E-state index is -0.873. The maximum atomic E-state index is 12.8. The Bertz CT molecular complexity index is 1140. The average molecular weight is 903 g/mol. The van der Waals surface area contributed by atoms with Crippen molar-refractivity contribution < 1.29 is 38.2 Å². The van der Waals surface area contributed by atoms with Crippen LogP contribution in [0.2, 0.25) is 0 Å². The van der Waals surface area contributed by atoms with Crippen molar-refractivity contribution in [1.29, 1.82) is 0 Å². The molecule has 0 fully saturated rings. The smallest absolute Gasteiger partial charge is 0.362 e. The van der Waals surface area contributed by atoms with Gasteiger partial charge >= 0.3 is 17.9 Å². The van der Waals surface area contributed by atoms with E-state index in [1.807, 2.05) is 21.1 Å². The molecule has 0 aromatic carbocycles. The van der Waals surface area contributed by atoms with Crippen LogP contribution in [0.5, 0.6) is 0 Å². The summed E-state index contributed by atoms with van der Waals surface area (Å²) in [5, 5.41) is 9.66. The number of rotatable bonds is 49. The number of carbonyl (C=O) groups is 3. The maximum Gasteiger partial charge on any atom is 0.362 e. The summed E-state index contributed by atoms with van der Waals surface area (Å²) >= 11 is 0. The zero-order valence-corrected chi connectivity index (χ0v) is 42.7. The molecule has 8 heteroatoms. The van der Waals surface area contributed by atoms with E-state index in [2.05, 4.69) is 50.3 Å². The van der Waals surface area contributed by atoms with Gasteiger partial charge in [-0.3, -0.25) is 9.59 Å². The van der Waals surface area contributed by atoms with Gasteiger partial charge in [0.05, 0.1) is 34.4 Å². The van der Waals surface area contributed by atoms with E-state index in [4.69, 9.17) is 14.2 Å². The minimum absolute atomic E-state index is 0.0503. The molecule has 0 heterocycles. The Hall–Kier alpha value is -2.45. The molecule has 0 amide bonds. The summed E-state index contributed by atoms with van der Waals surface area (Å²) < 4.78 is 17.4. The first-order valence-corrected chi connectivity index (χ1v) is 27.0. The standard InChI is InChI=1S/C56H103NO7/c1-6-8-10-12-14-16-18-20-22-24-26-27-29-31-33-35-37-39-41-43-45-47-55(59)64-52(50-62-49-48-53(56(60)61)57(3,4)5)51-63-54(58)46-44-42-40-38-36-34-32-30-28-25-23-21-19-17-15-13-11-9-7-2/h8,10,14,16,25,28,52-53H,6-7,9,11-13,15,17-24,26-27,29-51H2,1-5H3/p+1/b10-8+,16-14+,28-25+. The molecule has 1 N–H and O–H groups in total. The highest BCUT2D eigenvalue weighted by Gasteiger charge is 2.31. The van der Waals surface area contributed by atoms with Crippen molar-refractivity contribution in [2.75, 3.05) is 41.0 Å². The molecular formula is C56H104NO7+. The van der Waals surface area contributed by atoms with Gasteiger partial charge in [0.25, 0.3) is 0 Å². The van der Waals surface area contributed by atoms with Gasteiger partial charge in [0.15, 0.2) is 12.1 Å². The van der Waals surface area contributed by atoms with Gasteiger partial charge in [-0.1, -0.05) is 204 Å². The van der Waals surface area contributed by atoms with Gasteiger partial charge in [-0.2, -0.15) is 0 Å². The van der Waals surface area contributed by atoms with Crippen molar-refractivity contribution in [3.05, 3.63) is 36.5 Å². The number of hydrogen-bond acceptors (Lipinski definition) is 6. The third kappa shape index (κ3) is 44.7. The van der Waals surface area contributed by atoms with E-state index in [9.17, 15) is 19.5 Å². The summed E-state index contributed by atoms with van der Waals surface area (Å²) in [7, 11) is 5.54. The van der Waals surface area contributed by atoms with Gasteiger partial charge in [-0.25, -0.2) is 4.79 Å². The molecule has 0 aromatic rings. The summed E-state index contributed by atoms with van der Waals surface area (Å²) in [6, 6.07) is -0.615. The molecule has 0 aliphatic rings. The van der Waals surface area contributed by atoms with Crippen LogP contribution in [0.3, 0.4) is 0 Å². The molecule has 0 saturated carbocycles. The number of nitrogens with zero attached hydrogens (tertiary/aromatic N) is 1. The van der Waals surface area contributed by atoms with Gasteiger partial charge < -0.3 is 23.8 Å². The third-order valence-corrected chi connectivity index (χ3v) is 12.3. The fraction of sp³-hybridized carbons (Fsp3) is 0.839. The monoisotopic (exact) mass is 903 g/mol. The molecule has 0 radical (unpaired) electrons. The second-order valence-corrected chi connectivity index (χ2v) is 19.5. The molecule has 8 nitrogen and oxygen atoms in total. The Morgan fingerprint density at radius 3 is 1.30 bits per heavy atom. The van der Waals surface area contributed by atoms with E-state index < -0.39 is 18.1 Å². The van der Waals surface area contributed by atoms with Crippen LogP contribution >= 0.6 is 0 Å². The lowest BCUT2D eigenvalue weighted by Crippen LogP contribution is -2.50. The third-order valence-electron chi connectivity index (χ3n) is 12.3. The second-order valence-electron chi connectivity index (χ2n) is 19.5. The van der Waals surface area contributed by atoms with Crippen molar-refractivity contribution >= 4 is 17.9 Å². The number of carboxylic acids is 1. The average Bonchev–Trinajstić information content (AvgIpc) is 3.26. The lowest BCUT2D eigenvalue weighted by atomic mass is 10.0. The van der Waals surface area contributed by atoms with Crippen LogP contribution in [-0.4, -0.2) is 80.6 Å². The predicted octanol–water partition coefficient (Wildman–Crippen LogP) is 15.8. The largest absolute Gasteiger partial charge is 0.477 e. The number of unbranched alkanes of at least 4 members (excludes halogenated alkanes) is 29. The number of quaternary nitrogens is 1. The van der Waals surface area contributed by atoms with Crippen LogP contribution in [0.25, 0.3) is 0 Å². The number of aliphatic carboxylic acids is 1. The number of likely N-dealkylation sites (N-methyl/N-ethyl adjacent to an activating group) is 1. The molecule has 0 aromatic heterocycles. The molecule has 0 bridgehead atoms. The van der Waals surface area contributed by atoms with Crippen LogP contribution in [0.1, 0.15) is 251 Å². The molecule has 2 atom stereocenters. The van der Waals surface area contributed by atoms with Crippen LogP contribution in [0.4, 0.5) is 0 Å². The van der Waals surface area contributed by atoms with Gasteiger partial charge in [-0.05, 0) is 64.2 Å². The van der Waals surface area contributed by atoms with Gasteiger partial charge in [0.2, 0.25) is 0 Å². The summed E-state index contributed by atoms with van der Waals surface area (Å²) in [6.07, 6.45) is 56.3. The van der Waals surface area contributed by atoms with E-state index in [1.54, 1.807) is 0 Å². The van der Waals surface area contributed by atoms with Crippen LogP contribution in [-0.2, 0) is 28.6 Å². The molecule has 0 spiro atoms. The molecule has 0 saturated heterocycles. The molecule has 0 rings (SSSR count). The molecule has 64 heavy (non-hydrogen) atoms. The Balaban J connectivity index is 4.19. The van der Waals surface area contributed by atoms with Crippen molar-refractivity contribution in [2.24, 2.45) is 0 Å². The fourth-order valence-corrected chi connectivity index (χ4v) is 8.13. The lowest BCUT2D eigenvalue weighted by Gasteiger charge is -2.31. The first-order chi connectivity index (χ1) is 31.1. The highest BCUT2D eigenvalue weighted by Crippen LogP contribution is 2.16. The van der Waals surface area contributed by atoms with E-state index in [1.165, 1.54) is 167 Å². The first-order valence-electron chi connectivity index (χ1n) is 27.0. The normalized spacial score (nSPS) is 13.1. The second kappa shape index (κ2) is 47.1. The number of carbonyl (C=O) groups excluding carboxylic acids is 2. The number of allylic oxidation sites excluding steroid dienone is 6. The van der Waals surface area contributed by atoms with E-state index in [0.717, 1.165) is 51.4 Å². The maximum absolute atomic E-state index is 12.8. The van der Waals surface area contributed by atoms with Crippen LogP contribution in [0.15, 0.2) is 36.5 Å². The molecule has 2 unspecified atom stereocenters. The quantitative estimate of drug-likeness (QED) is 0.0281. The van der Waals surface area contributed by atoms with Crippen molar-refractivity contribution in [1.82, 2.24) is 0 Å². The minimum Gasteiger partial charge on any atom is -0.477 e. The highest BCUT2D eigenvalue weighted by atomic mass is 16.6. The zero-order chi connectivity index (χ0) is 47.0. The summed E-state index contributed by atoms with van der Waals surface area (Å²) in [5.41, 5.74) is 0. The van der Waals surface area contributed by atoms with Crippen LogP contribution < -0.4 is 0 Å². The molecular weight excluding hydrogens is 799 g/mol. The summed E-state index contributed by atoms with van der Waals surface area (Å²) in [6.45, 7) is 4.67. The lowest BCUT2D eigenvalue weighted by molar-refractivity contribution is -0.887. The number of hydrogen-bond donors (Lipinski definition) is 1. The molecule has 374 valence electrons. The van der Waals surface area contributed by atoms with Crippen molar-refractivity contribution in [3.63, 3.8) is 0 Å². The SMILES string of the molecule is CC/C=C/C/C=C/CCCCCCCCCCCCCCCCC(=O)OC(COCCC(C(=O)O)[N+](C)(C)C)COC(=O)CCCCCCCCC/C=C/CCCCCCCCCC. The van der Waals surface area contributed by atoms with Gasteiger partial charge in [-0.15, -0.1) is 0 Å². The Morgan fingerprint density at radius 2 is 0.875 bits per heavy atom. The number of carboxylic acid groups (broad SMARTS) is 1. The predicted molar refractivity (Wildman–Crippen MR) is 271 cm³/mol. The highest BCUT2D eigenvalue weighted by molar-refractivity contribution is 5.72. The van der Waals surface area contributed by atoms with E-state index in [-0.39, 0.29) is 36.2 Å². The Kier molecular flexibility index (Phi) is 45.3. The number of ether oxygens (including phenoxy) is 3. The van der Waals surface area contributed by atoms with E-state index >= 15 is 0 Å². The molecule has 0 aliphatic carbocycles. The van der Waals surface area contributed by atoms with Crippen LogP contribution in [0, 0.1) is 0 Å². The fourth-order valence-electron chi connectivity index (χ4n) is 8.13. The van der Waals surface area contributed by atoms with Gasteiger partial charge in [0, 0.05) is 19.3 Å². The van der Waals surface area contributed by atoms with Gasteiger partial charge in [0.1, 0.15) is 6.61 Å². The first kappa shape index (κ1) is 61.5. The summed E-state index contributed by atoms with van der Waals surface area (Å²) in [5.74, 6) is -1.46. The topological polar surface area (TPSA) is 99.1 Å². The zero-order valence-electron chi connectivity index (χ0n) is 42.7. The molecule has 0 aliphatic heterocycles. The van der Waals surface area contributed by atoms with E-state index in [0.29, 0.717) is 19.3 Å². The Morgan fingerprint density at radius 1 is 0.484 bits per heavy atom. The van der Waals surface area contributed by atoms with Crippen molar-refractivity contribution in [2.45, 2.75) is 264 Å². The number of esters is 2.